The van der Waals surface area contributed by atoms with Gasteiger partial charge in [0.25, 0.3) is 5.65 Å². The first-order valence-electron chi connectivity index (χ1n) is 9.44. The molecule has 0 N–H and O–H groups in total. The lowest BCUT2D eigenvalue weighted by molar-refractivity contribution is -0.617. The highest BCUT2D eigenvalue weighted by atomic mass is 32.2. The average molecular weight is 438 g/mol. The van der Waals surface area contributed by atoms with Crippen LogP contribution in [0, 0.1) is 0 Å². The van der Waals surface area contributed by atoms with Crippen LogP contribution in [-0.4, -0.2) is 31.1 Å². The van der Waals surface area contributed by atoms with Gasteiger partial charge in [0, 0.05) is 32.7 Å². The lowest BCUT2D eigenvalue weighted by Gasteiger charge is -2.11. The minimum atomic E-state index is -0.0220. The molecular formula is C23H21N2O3S2+. The molecule has 0 saturated carbocycles. The van der Waals surface area contributed by atoms with E-state index in [2.05, 4.69) is 35.3 Å². The molecule has 0 unspecified atom stereocenters. The van der Waals surface area contributed by atoms with Gasteiger partial charge in [0.2, 0.25) is 0 Å². The molecule has 2 heterocycles. The van der Waals surface area contributed by atoms with Crippen molar-refractivity contribution < 1.29 is 14.0 Å². The maximum Gasteiger partial charge on any atom is 0.347 e. The molecule has 0 amide bonds. The first-order chi connectivity index (χ1) is 14.5. The van der Waals surface area contributed by atoms with Crippen molar-refractivity contribution in [1.82, 2.24) is 4.40 Å². The van der Waals surface area contributed by atoms with Crippen molar-refractivity contribution >= 4 is 61.7 Å². The number of hydrogen-bond acceptors (Lipinski definition) is 5. The minimum absolute atomic E-state index is 0.0220. The first-order valence-corrected chi connectivity index (χ1v) is 11.9. The fraction of sp³-hybridized carbons (Fsp3) is 0.217. The molecule has 0 aliphatic heterocycles. The molecule has 7 heteroatoms. The first kappa shape index (κ1) is 19.3. The Bertz CT molecular complexity index is 1510. The van der Waals surface area contributed by atoms with Crippen LogP contribution in [0.3, 0.4) is 0 Å². The molecule has 5 nitrogen and oxygen atoms in total. The summed E-state index contributed by atoms with van der Waals surface area (Å²) in [5.74, 6) is 1.24. The van der Waals surface area contributed by atoms with Gasteiger partial charge in [-0.15, -0.1) is 23.5 Å². The summed E-state index contributed by atoms with van der Waals surface area (Å²) in [6, 6.07) is 12.1. The number of methoxy groups -OCH3 is 2. The number of benzene rings is 3. The van der Waals surface area contributed by atoms with Crippen LogP contribution in [0.25, 0.3) is 38.2 Å². The highest BCUT2D eigenvalue weighted by Gasteiger charge is 2.27. The van der Waals surface area contributed by atoms with Crippen molar-refractivity contribution in [2.24, 2.45) is 7.05 Å². The number of thioether (sulfide) groups is 2. The van der Waals surface area contributed by atoms with Gasteiger partial charge in [-0.1, -0.05) is 0 Å². The van der Waals surface area contributed by atoms with Crippen molar-refractivity contribution in [2.45, 2.75) is 9.79 Å². The number of nitrogens with zero attached hydrogens (tertiary/aromatic N) is 2. The summed E-state index contributed by atoms with van der Waals surface area (Å²) in [5.41, 5.74) is 2.56. The van der Waals surface area contributed by atoms with Crippen LogP contribution in [0.1, 0.15) is 0 Å². The van der Waals surface area contributed by atoms with Crippen molar-refractivity contribution in [3.63, 3.8) is 0 Å². The molecule has 2 aromatic heterocycles. The smallest absolute Gasteiger partial charge is 0.347 e. The van der Waals surface area contributed by atoms with Gasteiger partial charge in [0.05, 0.1) is 32.0 Å². The summed E-state index contributed by atoms with van der Waals surface area (Å²) >= 11 is 3.42. The SMILES string of the molecule is COc1cc2c(cc1OC)[n+](C)c1c3ccc(SC)c4c(SC)ccc(c(=O)n21)c43. The summed E-state index contributed by atoms with van der Waals surface area (Å²) < 4.78 is 14.9. The third kappa shape index (κ3) is 2.39. The van der Waals surface area contributed by atoms with Crippen molar-refractivity contribution in [1.29, 1.82) is 0 Å². The summed E-state index contributed by atoms with van der Waals surface area (Å²) in [5, 5.41) is 3.98. The van der Waals surface area contributed by atoms with E-state index in [4.69, 9.17) is 9.47 Å². The van der Waals surface area contributed by atoms with E-state index in [-0.39, 0.29) is 5.56 Å². The Labute approximate surface area is 181 Å². The van der Waals surface area contributed by atoms with Crippen LogP contribution < -0.4 is 19.6 Å². The van der Waals surface area contributed by atoms with Gasteiger partial charge in [-0.2, -0.15) is 4.40 Å². The zero-order valence-electron chi connectivity index (χ0n) is 17.4. The lowest BCUT2D eigenvalue weighted by Crippen LogP contribution is -2.29. The highest BCUT2D eigenvalue weighted by Crippen LogP contribution is 2.40. The third-order valence-corrected chi connectivity index (χ3v) is 7.37. The Hall–Kier alpha value is -2.64. The quantitative estimate of drug-likeness (QED) is 0.306. The molecule has 0 aliphatic carbocycles. The highest BCUT2D eigenvalue weighted by molar-refractivity contribution is 7.99. The van der Waals surface area contributed by atoms with Crippen LogP contribution >= 0.6 is 23.5 Å². The fourth-order valence-corrected chi connectivity index (χ4v) is 5.75. The maximum absolute atomic E-state index is 13.7. The Morgan fingerprint density at radius 3 is 2.07 bits per heavy atom. The topological polar surface area (TPSA) is 43.8 Å². The molecular weight excluding hydrogens is 416 g/mol. The van der Waals surface area contributed by atoms with Gasteiger partial charge in [-0.05, 0) is 36.8 Å². The number of rotatable bonds is 4. The normalized spacial score (nSPS) is 11.9. The van der Waals surface area contributed by atoms with E-state index in [0.29, 0.717) is 11.5 Å². The second-order valence-electron chi connectivity index (χ2n) is 7.10. The predicted molar refractivity (Wildman–Crippen MR) is 125 cm³/mol. The Morgan fingerprint density at radius 2 is 1.47 bits per heavy atom. The summed E-state index contributed by atoms with van der Waals surface area (Å²) in [6.45, 7) is 0. The molecule has 0 spiro atoms. The van der Waals surface area contributed by atoms with Gasteiger partial charge in [-0.25, -0.2) is 9.36 Å². The van der Waals surface area contributed by atoms with E-state index < -0.39 is 0 Å². The largest absolute Gasteiger partial charge is 0.493 e. The molecule has 0 radical (unpaired) electrons. The number of aromatic nitrogens is 2. The number of pyridine rings is 1. The van der Waals surface area contributed by atoms with Crippen LogP contribution in [0.4, 0.5) is 0 Å². The second-order valence-corrected chi connectivity index (χ2v) is 8.80. The van der Waals surface area contributed by atoms with Crippen LogP contribution in [-0.2, 0) is 7.05 Å². The van der Waals surface area contributed by atoms with E-state index in [0.717, 1.165) is 38.2 Å². The van der Waals surface area contributed by atoms with Crippen LogP contribution in [0.15, 0.2) is 51.0 Å². The standard InChI is InChI=1S/C23H21N2O3S2/c1-24-14-10-16(27-2)17(28-3)11-15(14)25-22(24)12-6-8-18(29-4)21-19(30-5)9-7-13(20(12)21)23(25)26/h6-11H,1-5H3/q+1. The van der Waals surface area contributed by atoms with Gasteiger partial charge in [0.1, 0.15) is 0 Å². The zero-order valence-corrected chi connectivity index (χ0v) is 19.0. The third-order valence-electron chi connectivity index (χ3n) is 5.81. The monoisotopic (exact) mass is 437 g/mol. The Kier molecular flexibility index (Phi) is 4.48. The number of ether oxygens (including phenoxy) is 2. The number of aryl methyl sites for hydroxylation is 1. The van der Waals surface area contributed by atoms with E-state index in [1.54, 1.807) is 42.1 Å². The average Bonchev–Trinajstić information content (AvgIpc) is 3.07. The summed E-state index contributed by atoms with van der Waals surface area (Å²) in [4.78, 5) is 16.1. The van der Waals surface area contributed by atoms with E-state index in [1.807, 2.05) is 25.2 Å². The van der Waals surface area contributed by atoms with Gasteiger partial charge in [0.15, 0.2) is 22.5 Å². The lowest BCUT2D eigenvalue weighted by atomic mass is 10.0. The summed E-state index contributed by atoms with van der Waals surface area (Å²) in [7, 11) is 5.22. The van der Waals surface area contributed by atoms with Crippen molar-refractivity contribution in [2.75, 3.05) is 26.7 Å². The molecule has 5 aromatic rings. The molecule has 152 valence electrons. The van der Waals surface area contributed by atoms with E-state index in [1.165, 1.54) is 9.79 Å². The molecule has 0 atom stereocenters. The van der Waals surface area contributed by atoms with E-state index >= 15 is 0 Å². The molecule has 0 aliphatic rings. The van der Waals surface area contributed by atoms with Gasteiger partial charge < -0.3 is 9.47 Å². The van der Waals surface area contributed by atoms with Gasteiger partial charge in [-0.3, -0.25) is 0 Å². The predicted octanol–water partition coefficient (Wildman–Crippen LogP) is 4.48. The van der Waals surface area contributed by atoms with E-state index in [9.17, 15) is 4.79 Å². The molecule has 0 bridgehead atoms. The maximum atomic E-state index is 13.7. The number of hydrogen-bond donors (Lipinski definition) is 0. The number of fused-ring (bicyclic) bond motifs is 4. The molecule has 30 heavy (non-hydrogen) atoms. The van der Waals surface area contributed by atoms with Crippen molar-refractivity contribution in [3.8, 4) is 11.5 Å². The Morgan fingerprint density at radius 1 is 0.867 bits per heavy atom. The van der Waals surface area contributed by atoms with Crippen LogP contribution in [0.2, 0.25) is 0 Å². The van der Waals surface area contributed by atoms with Gasteiger partial charge >= 0.3 is 5.56 Å². The molecule has 5 rings (SSSR count). The number of imidazole rings is 1. The molecule has 3 aromatic carbocycles. The molecule has 0 fully saturated rings. The minimum Gasteiger partial charge on any atom is -0.493 e. The van der Waals surface area contributed by atoms with Crippen molar-refractivity contribution in [3.05, 3.63) is 46.8 Å². The van der Waals surface area contributed by atoms with Crippen LogP contribution in [0.5, 0.6) is 11.5 Å². The molecule has 0 saturated heterocycles. The Balaban J connectivity index is 2.11. The summed E-state index contributed by atoms with van der Waals surface area (Å²) in [6.07, 6.45) is 4.16. The zero-order chi connectivity index (χ0) is 21.2. The fourth-order valence-electron chi connectivity index (χ4n) is 4.45. The second kappa shape index (κ2) is 6.96.